The van der Waals surface area contributed by atoms with Gasteiger partial charge in [0.15, 0.2) is 0 Å². The lowest BCUT2D eigenvalue weighted by Gasteiger charge is -2.20. The largest absolute Gasteiger partial charge is 0.310 e. The Morgan fingerprint density at radius 2 is 1.89 bits per heavy atom. The minimum atomic E-state index is 0.371. The second-order valence-electron chi connectivity index (χ2n) is 4.59. The maximum Gasteiger partial charge on any atom is 0.0371 e. The standard InChI is InChI=1S/C16H19IN2/c1-2-9-19-16(12-13-7-10-18-11-8-13)14-5-3-4-6-15(14)17/h3-8,10-11,16,19H,2,9,12H2,1H3. The van der Waals surface area contributed by atoms with Gasteiger partial charge in [0, 0.05) is 22.0 Å². The van der Waals surface area contributed by atoms with Crippen LogP contribution in [0.2, 0.25) is 0 Å². The van der Waals surface area contributed by atoms with Gasteiger partial charge in [-0.15, -0.1) is 0 Å². The predicted octanol–water partition coefficient (Wildman–Crippen LogP) is 3.97. The average Bonchev–Trinajstić information content (AvgIpc) is 2.45. The number of hydrogen-bond acceptors (Lipinski definition) is 2. The highest BCUT2D eigenvalue weighted by atomic mass is 127. The van der Waals surface area contributed by atoms with Crippen LogP contribution in [-0.2, 0) is 6.42 Å². The second-order valence-corrected chi connectivity index (χ2v) is 5.75. The molecule has 2 nitrogen and oxygen atoms in total. The van der Waals surface area contributed by atoms with Crippen LogP contribution in [0, 0.1) is 3.57 Å². The molecule has 1 N–H and O–H groups in total. The van der Waals surface area contributed by atoms with E-state index in [0.717, 1.165) is 19.4 Å². The summed E-state index contributed by atoms with van der Waals surface area (Å²) >= 11 is 2.42. The molecule has 0 bridgehead atoms. The van der Waals surface area contributed by atoms with Crippen LogP contribution in [0.15, 0.2) is 48.8 Å². The highest BCUT2D eigenvalue weighted by Gasteiger charge is 2.13. The lowest BCUT2D eigenvalue weighted by Crippen LogP contribution is -2.24. The van der Waals surface area contributed by atoms with E-state index >= 15 is 0 Å². The van der Waals surface area contributed by atoms with Gasteiger partial charge in [0.2, 0.25) is 0 Å². The Labute approximate surface area is 128 Å². The first-order chi connectivity index (χ1) is 9.31. The fourth-order valence-electron chi connectivity index (χ4n) is 2.12. The third kappa shape index (κ3) is 4.28. The molecule has 0 radical (unpaired) electrons. The number of nitrogens with zero attached hydrogens (tertiary/aromatic N) is 1. The normalized spacial score (nSPS) is 12.3. The van der Waals surface area contributed by atoms with E-state index in [9.17, 15) is 0 Å². The van der Waals surface area contributed by atoms with Crippen LogP contribution in [0.3, 0.4) is 0 Å². The molecule has 0 aliphatic carbocycles. The molecule has 0 spiro atoms. The van der Waals surface area contributed by atoms with E-state index in [-0.39, 0.29) is 0 Å². The summed E-state index contributed by atoms with van der Waals surface area (Å²) in [7, 11) is 0. The molecule has 1 aromatic heterocycles. The zero-order chi connectivity index (χ0) is 13.5. The first kappa shape index (κ1) is 14.5. The van der Waals surface area contributed by atoms with Crippen LogP contribution in [0.4, 0.5) is 0 Å². The van der Waals surface area contributed by atoms with Gasteiger partial charge >= 0.3 is 0 Å². The molecule has 2 rings (SSSR count). The molecule has 1 heterocycles. The zero-order valence-electron chi connectivity index (χ0n) is 11.1. The Bertz CT molecular complexity index is 499. The van der Waals surface area contributed by atoms with Crippen LogP contribution in [0.1, 0.15) is 30.5 Å². The van der Waals surface area contributed by atoms with E-state index in [4.69, 9.17) is 0 Å². The molecular weight excluding hydrogens is 347 g/mol. The molecule has 2 aromatic rings. The van der Waals surface area contributed by atoms with Crippen molar-refractivity contribution in [2.45, 2.75) is 25.8 Å². The molecule has 0 aliphatic heterocycles. The summed E-state index contributed by atoms with van der Waals surface area (Å²) < 4.78 is 1.32. The molecule has 0 saturated heterocycles. The van der Waals surface area contributed by atoms with Gasteiger partial charge < -0.3 is 5.32 Å². The summed E-state index contributed by atoms with van der Waals surface area (Å²) in [6.45, 7) is 3.24. The van der Waals surface area contributed by atoms with E-state index in [2.05, 4.69) is 76.2 Å². The molecule has 0 saturated carbocycles. The molecule has 1 unspecified atom stereocenters. The van der Waals surface area contributed by atoms with Crippen molar-refractivity contribution in [1.82, 2.24) is 10.3 Å². The molecule has 1 aromatic carbocycles. The third-order valence-corrected chi connectivity index (χ3v) is 4.09. The van der Waals surface area contributed by atoms with Crippen LogP contribution in [0.5, 0.6) is 0 Å². The van der Waals surface area contributed by atoms with Gasteiger partial charge in [-0.2, -0.15) is 0 Å². The molecule has 1 atom stereocenters. The summed E-state index contributed by atoms with van der Waals surface area (Å²) in [5.74, 6) is 0. The smallest absolute Gasteiger partial charge is 0.0371 e. The Morgan fingerprint density at radius 3 is 2.58 bits per heavy atom. The van der Waals surface area contributed by atoms with Crippen LogP contribution >= 0.6 is 22.6 Å². The SMILES string of the molecule is CCCNC(Cc1ccncc1)c1ccccc1I. The van der Waals surface area contributed by atoms with Crippen molar-refractivity contribution in [2.24, 2.45) is 0 Å². The molecule has 100 valence electrons. The minimum absolute atomic E-state index is 0.371. The van der Waals surface area contributed by atoms with Crippen molar-refractivity contribution >= 4 is 22.6 Å². The van der Waals surface area contributed by atoms with Crippen LogP contribution < -0.4 is 5.32 Å². The van der Waals surface area contributed by atoms with Crippen molar-refractivity contribution in [1.29, 1.82) is 0 Å². The van der Waals surface area contributed by atoms with Gasteiger partial charge in [-0.3, -0.25) is 4.98 Å². The number of aromatic nitrogens is 1. The maximum atomic E-state index is 4.08. The van der Waals surface area contributed by atoms with Crippen molar-refractivity contribution in [3.05, 3.63) is 63.5 Å². The number of halogens is 1. The molecule has 0 fully saturated rings. The Hall–Kier alpha value is -0.940. The fourth-order valence-corrected chi connectivity index (χ4v) is 2.89. The monoisotopic (exact) mass is 366 g/mol. The van der Waals surface area contributed by atoms with Gasteiger partial charge in [-0.05, 0) is 71.3 Å². The predicted molar refractivity (Wildman–Crippen MR) is 88.1 cm³/mol. The maximum absolute atomic E-state index is 4.08. The van der Waals surface area contributed by atoms with Crippen molar-refractivity contribution in [3.8, 4) is 0 Å². The Morgan fingerprint density at radius 1 is 1.16 bits per heavy atom. The zero-order valence-corrected chi connectivity index (χ0v) is 13.3. The molecular formula is C16H19IN2. The van der Waals surface area contributed by atoms with E-state index in [1.165, 1.54) is 14.7 Å². The lowest BCUT2D eigenvalue weighted by molar-refractivity contribution is 0.527. The highest BCUT2D eigenvalue weighted by molar-refractivity contribution is 14.1. The second kappa shape index (κ2) is 7.60. The number of hydrogen-bond donors (Lipinski definition) is 1. The summed E-state index contributed by atoms with van der Waals surface area (Å²) in [5.41, 5.74) is 2.71. The first-order valence-electron chi connectivity index (χ1n) is 6.68. The first-order valence-corrected chi connectivity index (χ1v) is 7.76. The van der Waals surface area contributed by atoms with E-state index in [0.29, 0.717) is 6.04 Å². The Kier molecular flexibility index (Phi) is 5.79. The quantitative estimate of drug-likeness (QED) is 0.783. The Balaban J connectivity index is 2.19. The summed E-state index contributed by atoms with van der Waals surface area (Å²) in [6.07, 6.45) is 5.88. The molecule has 0 aliphatic rings. The average molecular weight is 366 g/mol. The number of nitrogens with one attached hydrogen (secondary N) is 1. The lowest BCUT2D eigenvalue weighted by atomic mass is 9.99. The van der Waals surface area contributed by atoms with E-state index in [1.807, 2.05) is 12.4 Å². The number of benzene rings is 1. The van der Waals surface area contributed by atoms with Gasteiger partial charge in [0.05, 0.1) is 0 Å². The van der Waals surface area contributed by atoms with Gasteiger partial charge in [0.25, 0.3) is 0 Å². The fraction of sp³-hybridized carbons (Fsp3) is 0.312. The van der Waals surface area contributed by atoms with Crippen molar-refractivity contribution in [3.63, 3.8) is 0 Å². The van der Waals surface area contributed by atoms with E-state index < -0.39 is 0 Å². The summed E-state index contributed by atoms with van der Waals surface area (Å²) in [6, 6.07) is 13.2. The van der Waals surface area contributed by atoms with Crippen molar-refractivity contribution in [2.75, 3.05) is 6.54 Å². The summed E-state index contributed by atoms with van der Waals surface area (Å²) in [4.78, 5) is 4.08. The van der Waals surface area contributed by atoms with Gasteiger partial charge in [-0.1, -0.05) is 25.1 Å². The number of pyridine rings is 1. The molecule has 3 heteroatoms. The van der Waals surface area contributed by atoms with E-state index in [1.54, 1.807) is 0 Å². The van der Waals surface area contributed by atoms with Crippen LogP contribution in [0.25, 0.3) is 0 Å². The topological polar surface area (TPSA) is 24.9 Å². The van der Waals surface area contributed by atoms with Crippen LogP contribution in [-0.4, -0.2) is 11.5 Å². The third-order valence-electron chi connectivity index (χ3n) is 3.11. The summed E-state index contributed by atoms with van der Waals surface area (Å²) in [5, 5.41) is 3.65. The molecule has 0 amide bonds. The number of rotatable bonds is 6. The van der Waals surface area contributed by atoms with Gasteiger partial charge in [-0.25, -0.2) is 0 Å². The van der Waals surface area contributed by atoms with Gasteiger partial charge in [0.1, 0.15) is 0 Å². The van der Waals surface area contributed by atoms with Crippen molar-refractivity contribution < 1.29 is 0 Å². The highest BCUT2D eigenvalue weighted by Crippen LogP contribution is 2.23. The minimum Gasteiger partial charge on any atom is -0.310 e. The molecule has 19 heavy (non-hydrogen) atoms.